The molecule has 43 heavy (non-hydrogen) atoms. The summed E-state index contributed by atoms with van der Waals surface area (Å²) in [6.45, 7) is 18.5. The van der Waals surface area contributed by atoms with Crippen LogP contribution in [-0.4, -0.2) is 141 Å². The van der Waals surface area contributed by atoms with Gasteiger partial charge in [0, 0.05) is 84.6 Å². The molecular weight excluding hydrogens is 665 g/mol. The quantitative estimate of drug-likeness (QED) is 0.240. The van der Waals surface area contributed by atoms with Crippen molar-refractivity contribution in [1.29, 1.82) is 0 Å². The minimum atomic E-state index is -2.67. The fourth-order valence-corrected chi connectivity index (χ4v) is 0.816. The molecule has 0 heterocycles. The number of ether oxygens (including phenoxy) is 4. The summed E-state index contributed by atoms with van der Waals surface area (Å²) in [5, 5.41) is 0.801. The van der Waals surface area contributed by atoms with Gasteiger partial charge in [-0.05, 0) is 81.6 Å². The molecule has 0 atom stereocenters. The summed E-state index contributed by atoms with van der Waals surface area (Å²) in [7, 11) is 5.06. The van der Waals surface area contributed by atoms with E-state index in [1.54, 1.807) is 59.8 Å². The summed E-state index contributed by atoms with van der Waals surface area (Å²) >= 11 is 7.39. The molecule has 0 spiro atoms. The first kappa shape index (κ1) is 70.6. The third-order valence-electron chi connectivity index (χ3n) is 2.34. The van der Waals surface area contributed by atoms with E-state index < -0.39 is 20.6 Å². The Balaban J connectivity index is -0.0000000354. The van der Waals surface area contributed by atoms with Crippen molar-refractivity contribution in [2.75, 3.05) is 117 Å². The van der Waals surface area contributed by atoms with Gasteiger partial charge in [-0.2, -0.15) is 47.0 Å². The highest BCUT2D eigenvalue weighted by Gasteiger charge is 1.80. The lowest BCUT2D eigenvalue weighted by atomic mass is 10.5. The largest absolute Gasteiger partial charge is 0.388 e. The molecule has 0 fully saturated rings. The highest BCUT2D eigenvalue weighted by atomic mass is 32.2. The van der Waals surface area contributed by atoms with Crippen LogP contribution < -0.4 is 0 Å². The fraction of sp³-hybridized carbons (Fsp3) is 1.00. The van der Waals surface area contributed by atoms with E-state index >= 15 is 0 Å². The topological polar surface area (TPSA) is 88.1 Å². The fourth-order valence-electron chi connectivity index (χ4n) is 0.408. The van der Waals surface area contributed by atoms with E-state index in [0.29, 0.717) is 6.10 Å². The predicted molar refractivity (Wildman–Crippen MR) is 216 cm³/mol. The van der Waals surface area contributed by atoms with Crippen molar-refractivity contribution in [3.05, 3.63) is 0 Å². The Labute approximate surface area is 293 Å². The van der Waals surface area contributed by atoms with Gasteiger partial charge in [-0.1, -0.05) is 34.6 Å². The van der Waals surface area contributed by atoms with Gasteiger partial charge in [-0.15, -0.1) is 0 Å². The van der Waals surface area contributed by atoms with E-state index in [1.165, 1.54) is 17.9 Å². The van der Waals surface area contributed by atoms with Crippen LogP contribution in [0.1, 0.15) is 68.2 Å². The van der Waals surface area contributed by atoms with Gasteiger partial charge in [-0.25, -0.2) is 8.42 Å². The van der Waals surface area contributed by atoms with Gasteiger partial charge >= 0.3 is 0 Å². The number of methoxy groups -OCH3 is 4. The minimum absolute atomic E-state index is 0.384. The molecular formula is C30H80O7S6. The van der Waals surface area contributed by atoms with E-state index in [2.05, 4.69) is 62.9 Å². The molecule has 0 bridgehead atoms. The van der Waals surface area contributed by atoms with Crippen LogP contribution in [0.25, 0.3) is 0 Å². The van der Waals surface area contributed by atoms with Crippen molar-refractivity contribution in [3.63, 3.8) is 0 Å². The monoisotopic (exact) mass is 744 g/mol. The molecule has 0 radical (unpaired) electrons. The molecule has 0 aliphatic heterocycles. The number of hydrogen-bond donors (Lipinski definition) is 0. The summed E-state index contributed by atoms with van der Waals surface area (Å²) in [6.07, 6.45) is 18.8. The highest BCUT2D eigenvalue weighted by Crippen LogP contribution is 2.00. The van der Waals surface area contributed by atoms with Crippen LogP contribution in [0.4, 0.5) is 0 Å². The molecule has 0 rings (SSSR count). The maximum atomic E-state index is 9.63. The summed E-state index contributed by atoms with van der Waals surface area (Å²) in [5.41, 5.74) is 0. The molecule has 0 aromatic carbocycles. The zero-order valence-corrected chi connectivity index (χ0v) is 37.6. The average molecular weight is 745 g/mol. The van der Waals surface area contributed by atoms with Crippen molar-refractivity contribution in [3.8, 4) is 0 Å². The van der Waals surface area contributed by atoms with Gasteiger partial charge in [-0.3, -0.25) is 4.21 Å². The van der Waals surface area contributed by atoms with Gasteiger partial charge in [0.15, 0.2) is 0 Å². The number of sulfone groups is 1. The van der Waals surface area contributed by atoms with Crippen molar-refractivity contribution < 1.29 is 31.6 Å². The summed E-state index contributed by atoms with van der Waals surface area (Å²) in [6, 6.07) is 0. The van der Waals surface area contributed by atoms with Crippen molar-refractivity contribution in [2.45, 2.75) is 79.6 Å². The molecule has 0 aromatic heterocycles. The maximum absolute atomic E-state index is 9.63. The Morgan fingerprint density at radius 1 is 0.721 bits per heavy atom. The third kappa shape index (κ3) is 576. The second-order valence-electron chi connectivity index (χ2n) is 8.41. The SMILES string of the molecule is CCCOC.CCCSC.CCOC.CCSC.COC.COC(C)C.CS(C)(=O)=O.CS(C)=O.CSC.CSC(C)C. The molecule has 0 unspecified atom stereocenters. The minimum Gasteiger partial charge on any atom is -0.388 e. The van der Waals surface area contributed by atoms with Gasteiger partial charge in [0.05, 0.1) is 6.10 Å². The molecule has 0 aliphatic carbocycles. The molecule has 0 saturated heterocycles. The van der Waals surface area contributed by atoms with Crippen molar-refractivity contribution in [1.82, 2.24) is 0 Å². The summed E-state index contributed by atoms with van der Waals surface area (Å²) in [4.78, 5) is 0. The Bertz CT molecular complexity index is 416. The Hall–Kier alpha value is 1.34. The molecule has 0 amide bonds. The Morgan fingerprint density at radius 3 is 0.953 bits per heavy atom. The first-order chi connectivity index (χ1) is 19.8. The van der Waals surface area contributed by atoms with Gasteiger partial charge in [0.2, 0.25) is 0 Å². The zero-order chi connectivity index (χ0) is 37.1. The number of thioether (sulfide) groups is 4. The Morgan fingerprint density at radius 2 is 0.953 bits per heavy atom. The lowest BCUT2D eigenvalue weighted by molar-refractivity contribution is 0.134. The lowest BCUT2D eigenvalue weighted by Gasteiger charge is -1.94. The zero-order valence-electron chi connectivity index (χ0n) is 32.7. The summed E-state index contributed by atoms with van der Waals surface area (Å²) < 4.78 is 47.1. The van der Waals surface area contributed by atoms with Crippen LogP contribution in [0, 0.1) is 0 Å². The van der Waals surface area contributed by atoms with Crippen molar-refractivity contribution in [2.24, 2.45) is 0 Å². The molecule has 7 nitrogen and oxygen atoms in total. The van der Waals surface area contributed by atoms with E-state index in [0.717, 1.165) is 37.4 Å². The second-order valence-corrected chi connectivity index (χ2v) is 16.6. The van der Waals surface area contributed by atoms with Crippen LogP contribution in [0.2, 0.25) is 0 Å². The van der Waals surface area contributed by atoms with Crippen LogP contribution in [-0.2, 0) is 39.6 Å². The molecule has 0 N–H and O–H groups in total. The molecule has 0 aromatic rings. The molecule has 0 aliphatic rings. The van der Waals surface area contributed by atoms with Gasteiger partial charge < -0.3 is 18.9 Å². The van der Waals surface area contributed by atoms with Gasteiger partial charge in [0.1, 0.15) is 9.84 Å². The molecule has 0 saturated carbocycles. The Kier molecular flexibility index (Phi) is 139. The first-order valence-electron chi connectivity index (χ1n) is 14.0. The maximum Gasteiger partial charge on any atom is 0.144 e. The van der Waals surface area contributed by atoms with E-state index in [-0.39, 0.29) is 0 Å². The summed E-state index contributed by atoms with van der Waals surface area (Å²) in [5.74, 6) is 2.54. The van der Waals surface area contributed by atoms with Crippen LogP contribution in [0.5, 0.6) is 0 Å². The normalized spacial score (nSPS) is 8.58. The smallest absolute Gasteiger partial charge is 0.144 e. The van der Waals surface area contributed by atoms with Crippen LogP contribution >= 0.6 is 47.0 Å². The van der Waals surface area contributed by atoms with Gasteiger partial charge in [0.25, 0.3) is 0 Å². The van der Waals surface area contributed by atoms with Crippen LogP contribution in [0.15, 0.2) is 0 Å². The first-order valence-corrected chi connectivity index (χ1v) is 24.0. The number of rotatable bonds is 8. The predicted octanol–water partition coefficient (Wildman–Crippen LogP) is 8.52. The third-order valence-corrected chi connectivity index (χ3v) is 4.67. The standard InChI is InChI=1S/2C4H10O.2C4H10S.C3H8O.C3H8S.C2H6O2S.C2H6OS.C2H6O.C2H6S/c1-4(2)5-3;1-3-4-5-2;1-4(2)5-3;1-3-4-5-2;2*1-3-4-2;1-5(2,3)4;1-4(2)3;2*1-3-2/h4H,1-3H3;3-4H2,1-2H3;4H,1-3H3;3-4H2,1-2H3;2*3H2,1-2H3;1-2H3;1-2H3;2*1-2H3. The van der Waals surface area contributed by atoms with E-state index in [4.69, 9.17) is 9.47 Å². The second kappa shape index (κ2) is 84.4. The van der Waals surface area contributed by atoms with Crippen LogP contribution in [0.3, 0.4) is 0 Å². The van der Waals surface area contributed by atoms with E-state index in [9.17, 15) is 12.6 Å². The van der Waals surface area contributed by atoms with Crippen molar-refractivity contribution >= 4 is 67.7 Å². The molecule has 278 valence electrons. The molecule has 13 heteroatoms. The lowest BCUT2D eigenvalue weighted by Crippen LogP contribution is -1.94. The highest BCUT2D eigenvalue weighted by molar-refractivity contribution is 7.99. The van der Waals surface area contributed by atoms with E-state index in [1.807, 2.05) is 68.6 Å². The average Bonchev–Trinajstić information content (AvgIpc) is 2.90. The number of hydrogen-bond acceptors (Lipinski definition) is 11.